The van der Waals surface area contributed by atoms with E-state index in [1.165, 1.54) is 6.08 Å². The molecular weight excluding hydrogens is 627 g/mol. The molecule has 1 aliphatic heterocycles. The molecule has 3 N–H and O–H groups in total. The smallest absolute Gasteiger partial charge is 0.211 e. The number of amidine groups is 1. The van der Waals surface area contributed by atoms with Crippen LogP contribution in [0.4, 0.5) is 19.0 Å². The van der Waals surface area contributed by atoms with E-state index in [1.54, 1.807) is 20.8 Å². The Morgan fingerprint density at radius 2 is 1.76 bits per heavy atom. The third-order valence-electron chi connectivity index (χ3n) is 9.37. The number of anilines is 1. The molecule has 4 rings (SSSR count). The van der Waals surface area contributed by atoms with Gasteiger partial charge in [-0.15, -0.1) is 0 Å². The molecule has 2 heterocycles. The Morgan fingerprint density at radius 1 is 1.12 bits per heavy atom. The van der Waals surface area contributed by atoms with Crippen molar-refractivity contribution in [1.29, 1.82) is 5.26 Å². The Balaban J connectivity index is 0.00000154. The molecule has 1 aromatic heterocycles. The third-order valence-corrected chi connectivity index (χ3v) is 9.37. The van der Waals surface area contributed by atoms with Gasteiger partial charge in [-0.25, -0.2) is 8.78 Å². The highest BCUT2D eigenvalue weighted by Gasteiger charge is 2.42. The van der Waals surface area contributed by atoms with Gasteiger partial charge < -0.3 is 25.1 Å². The zero-order valence-corrected chi connectivity index (χ0v) is 30.8. The fourth-order valence-electron chi connectivity index (χ4n) is 5.92. The Kier molecular flexibility index (Phi) is 14.2. The number of nitrogens with one attached hydrogen (secondary N) is 1. The molecule has 1 fully saturated rings. The van der Waals surface area contributed by atoms with Crippen molar-refractivity contribution in [1.82, 2.24) is 9.88 Å². The normalized spacial score (nSPS) is 16.0. The molecule has 10 heteroatoms. The van der Waals surface area contributed by atoms with Gasteiger partial charge in [-0.05, 0) is 93.7 Å². The number of aromatic nitrogens is 1. The lowest BCUT2D eigenvalue weighted by Crippen LogP contribution is -2.27. The van der Waals surface area contributed by atoms with Crippen LogP contribution in [0.1, 0.15) is 131 Å². The predicted octanol–water partition coefficient (Wildman–Crippen LogP) is 10.0. The van der Waals surface area contributed by atoms with Crippen LogP contribution in [-0.4, -0.2) is 43.1 Å². The third kappa shape index (κ3) is 8.61. The van der Waals surface area contributed by atoms with E-state index >= 15 is 8.78 Å². The number of alkyl halides is 1. The van der Waals surface area contributed by atoms with Gasteiger partial charge in [0.15, 0.2) is 0 Å². The summed E-state index contributed by atoms with van der Waals surface area (Å²) in [6.45, 7) is 14.1. The molecule has 1 saturated carbocycles. The maximum atomic E-state index is 17.1. The van der Waals surface area contributed by atoms with Gasteiger partial charge in [-0.2, -0.15) is 10.3 Å². The highest BCUT2D eigenvalue weighted by atomic mass is 19.1. The fourth-order valence-corrected chi connectivity index (χ4v) is 5.92. The summed E-state index contributed by atoms with van der Waals surface area (Å²) >= 11 is 0. The van der Waals surface area contributed by atoms with Gasteiger partial charge in [-0.3, -0.25) is 4.39 Å². The molecule has 2 aliphatic rings. The van der Waals surface area contributed by atoms with Crippen LogP contribution in [0.15, 0.2) is 28.6 Å². The van der Waals surface area contributed by atoms with Crippen molar-refractivity contribution < 1.29 is 22.6 Å². The maximum absolute atomic E-state index is 17.1. The summed E-state index contributed by atoms with van der Waals surface area (Å²) in [6.07, 6.45) is 9.62. The molecule has 0 unspecified atom stereocenters. The fraction of sp³-hybridized carbons (Fsp3) is 0.538. The van der Waals surface area contributed by atoms with E-state index in [2.05, 4.69) is 24.9 Å². The van der Waals surface area contributed by atoms with Crippen LogP contribution in [0, 0.1) is 29.5 Å². The van der Waals surface area contributed by atoms with E-state index in [-0.39, 0.29) is 47.9 Å². The molecule has 49 heavy (non-hydrogen) atoms. The van der Waals surface area contributed by atoms with Gasteiger partial charge in [0.05, 0.1) is 32.2 Å². The number of hydrogen-bond acceptors (Lipinski definition) is 5. The molecule has 0 bridgehead atoms. The van der Waals surface area contributed by atoms with Crippen molar-refractivity contribution in [3.63, 3.8) is 0 Å². The number of halogens is 3. The first kappa shape index (κ1) is 39.5. The van der Waals surface area contributed by atoms with E-state index < -0.39 is 11.6 Å². The molecule has 0 amide bonds. The van der Waals surface area contributed by atoms with E-state index in [4.69, 9.17) is 20.2 Å². The van der Waals surface area contributed by atoms with Crippen LogP contribution >= 0.6 is 0 Å². The Labute approximate surface area is 290 Å². The monoisotopic (exact) mass is 681 g/mol. The van der Waals surface area contributed by atoms with Gasteiger partial charge >= 0.3 is 0 Å². The zero-order chi connectivity index (χ0) is 36.5. The summed E-state index contributed by atoms with van der Waals surface area (Å²) in [5.41, 5.74) is 10.8. The Morgan fingerprint density at radius 3 is 2.24 bits per heavy atom. The van der Waals surface area contributed by atoms with E-state index in [0.29, 0.717) is 59.0 Å². The van der Waals surface area contributed by atoms with Crippen LogP contribution in [0.2, 0.25) is 0 Å². The summed E-state index contributed by atoms with van der Waals surface area (Å²) in [4.78, 5) is 9.73. The lowest BCUT2D eigenvalue weighted by Gasteiger charge is -2.25. The molecule has 7 nitrogen and oxygen atoms in total. The lowest BCUT2D eigenvalue weighted by molar-refractivity contribution is 0.134. The summed E-state index contributed by atoms with van der Waals surface area (Å²) in [7, 11) is 3.78. The minimum atomic E-state index is -0.578. The average Bonchev–Trinajstić information content (AvgIpc) is 3.60. The van der Waals surface area contributed by atoms with E-state index in [0.717, 1.165) is 43.2 Å². The van der Waals surface area contributed by atoms with E-state index in [1.807, 2.05) is 38.9 Å². The second kappa shape index (κ2) is 17.6. The SMILES string of the molecule is C/C=C(/F)c1[nH]c(N)c(C#N)c1/C(=C(\C)CC)c1c(F)c(C)c(/C(=N\C(=C\CCC)OCC2(CC)CC2)N(C)C)c2c1COC2.CCCF. The van der Waals surface area contributed by atoms with Gasteiger partial charge in [0, 0.05) is 36.2 Å². The van der Waals surface area contributed by atoms with Crippen molar-refractivity contribution in [3.8, 4) is 6.07 Å². The Hall–Kier alpha value is -3.97. The molecule has 0 atom stereocenters. The summed E-state index contributed by atoms with van der Waals surface area (Å²) in [5, 5.41) is 10.1. The summed E-state index contributed by atoms with van der Waals surface area (Å²) in [5.74, 6) is 0.0975. The number of benzene rings is 1. The number of hydrogen-bond donors (Lipinski definition) is 2. The second-order valence-corrected chi connectivity index (χ2v) is 13.1. The Bertz CT molecular complexity index is 1650. The number of unbranched alkanes of at least 4 members (excludes halogenated alkanes) is 1. The number of aliphatic imine (C=N–C) groups is 1. The second-order valence-electron chi connectivity index (χ2n) is 13.1. The average molecular weight is 682 g/mol. The quantitative estimate of drug-likeness (QED) is 0.125. The molecule has 2 aromatic rings. The molecular formula is C39H54F3N5O2. The van der Waals surface area contributed by atoms with Crippen molar-refractivity contribution in [3.05, 3.63) is 74.1 Å². The van der Waals surface area contributed by atoms with Crippen LogP contribution in [0.3, 0.4) is 0 Å². The number of allylic oxidation sites excluding steroid dienone is 3. The van der Waals surface area contributed by atoms with Crippen molar-refractivity contribution in [2.45, 2.75) is 107 Å². The highest BCUT2D eigenvalue weighted by Crippen LogP contribution is 2.49. The lowest BCUT2D eigenvalue weighted by atomic mass is 9.82. The van der Waals surface area contributed by atoms with Gasteiger partial charge in [0.2, 0.25) is 5.88 Å². The van der Waals surface area contributed by atoms with Crippen LogP contribution in [0.25, 0.3) is 11.4 Å². The largest absolute Gasteiger partial charge is 0.477 e. The van der Waals surface area contributed by atoms with Crippen molar-refractivity contribution in [2.24, 2.45) is 10.4 Å². The molecule has 1 aromatic carbocycles. The maximum Gasteiger partial charge on any atom is 0.211 e. The van der Waals surface area contributed by atoms with Gasteiger partial charge in [0.1, 0.15) is 34.9 Å². The number of aromatic amines is 1. The van der Waals surface area contributed by atoms with Crippen LogP contribution < -0.4 is 5.73 Å². The van der Waals surface area contributed by atoms with Crippen molar-refractivity contribution in [2.75, 3.05) is 33.1 Å². The molecule has 268 valence electrons. The van der Waals surface area contributed by atoms with E-state index in [9.17, 15) is 9.65 Å². The zero-order valence-electron chi connectivity index (χ0n) is 30.8. The molecule has 0 saturated heterocycles. The van der Waals surface area contributed by atoms with Crippen molar-refractivity contribution >= 4 is 23.1 Å². The summed E-state index contributed by atoms with van der Waals surface area (Å²) in [6, 6.07) is 2.12. The first-order chi connectivity index (χ1) is 23.4. The molecule has 0 spiro atoms. The number of nitrogens with zero attached hydrogens (tertiary/aromatic N) is 3. The number of nitrogen functional groups attached to an aromatic ring is 1. The van der Waals surface area contributed by atoms with Gasteiger partial charge in [-0.1, -0.05) is 39.7 Å². The standard InChI is InChI=1S/C36H47F2N5O2.C3H7F/c1-9-13-14-27(45-20-36(12-4)15-16-36)41-35(43(7)8)29-22(6)32(38)30(25-19-44-18-24(25)29)28(21(5)10-2)31-23(17-39)34(40)42-33(31)26(37)11-3;1-2-3-4/h11,14,42H,9-10,12-13,15-16,18-20,40H2,1-8H3;2-3H2,1H3/b26-11+,27-14-,28-21+,41-35+;. The number of ether oxygens (including phenoxy) is 2. The minimum absolute atomic E-state index is 0.0343. The first-order valence-electron chi connectivity index (χ1n) is 17.4. The number of H-pyrrole nitrogens is 1. The minimum Gasteiger partial charge on any atom is -0.477 e. The van der Waals surface area contributed by atoms with Crippen LogP contribution in [0.5, 0.6) is 0 Å². The number of nitriles is 1. The first-order valence-corrected chi connectivity index (χ1v) is 17.4. The van der Waals surface area contributed by atoms with Gasteiger partial charge in [0.25, 0.3) is 0 Å². The number of rotatable bonds is 13. The molecule has 0 radical (unpaired) electrons. The summed E-state index contributed by atoms with van der Waals surface area (Å²) < 4.78 is 55.4. The topological polar surface area (TPSA) is 99.7 Å². The number of fused-ring (bicyclic) bond motifs is 1. The van der Waals surface area contributed by atoms with Crippen LogP contribution in [-0.2, 0) is 22.7 Å². The molecule has 1 aliphatic carbocycles. The highest BCUT2D eigenvalue weighted by molar-refractivity contribution is 6.03. The predicted molar refractivity (Wildman–Crippen MR) is 194 cm³/mol. The number of nitrogens with two attached hydrogens (primary N) is 1.